The first-order valence-corrected chi connectivity index (χ1v) is 9.77. The Labute approximate surface area is 160 Å². The summed E-state index contributed by atoms with van der Waals surface area (Å²) in [5.74, 6) is 2.48. The zero-order valence-corrected chi connectivity index (χ0v) is 16.2. The van der Waals surface area contributed by atoms with Crippen LogP contribution in [0.4, 0.5) is 5.82 Å². The molecule has 0 spiro atoms. The van der Waals surface area contributed by atoms with E-state index in [1.54, 1.807) is 12.1 Å². The van der Waals surface area contributed by atoms with Crippen molar-refractivity contribution in [2.75, 3.05) is 31.1 Å². The van der Waals surface area contributed by atoms with E-state index in [9.17, 15) is 4.79 Å². The number of nitrogens with zero attached hydrogens (tertiary/aromatic N) is 6. The molecule has 4 rings (SSSR count). The van der Waals surface area contributed by atoms with Crippen molar-refractivity contribution in [3.63, 3.8) is 0 Å². The Morgan fingerprint density at radius 2 is 2.00 bits per heavy atom. The molecule has 0 saturated carbocycles. The summed E-state index contributed by atoms with van der Waals surface area (Å²) in [7, 11) is 0. The van der Waals surface area contributed by atoms with Crippen LogP contribution in [-0.4, -0.2) is 56.6 Å². The van der Waals surface area contributed by atoms with Gasteiger partial charge in [0.2, 0.25) is 0 Å². The number of hydrogen-bond acceptors (Lipinski definition) is 6. The van der Waals surface area contributed by atoms with Gasteiger partial charge in [-0.1, -0.05) is 18.5 Å². The number of rotatable bonds is 3. The van der Waals surface area contributed by atoms with E-state index in [1.165, 1.54) is 11.3 Å². The van der Waals surface area contributed by atoms with E-state index in [1.807, 2.05) is 16.2 Å². The van der Waals surface area contributed by atoms with Gasteiger partial charge in [-0.3, -0.25) is 9.20 Å². The van der Waals surface area contributed by atoms with Crippen molar-refractivity contribution in [1.29, 1.82) is 0 Å². The van der Waals surface area contributed by atoms with E-state index in [4.69, 9.17) is 11.6 Å². The monoisotopic (exact) mass is 390 g/mol. The van der Waals surface area contributed by atoms with Gasteiger partial charge < -0.3 is 9.80 Å². The molecule has 0 radical (unpaired) electrons. The van der Waals surface area contributed by atoms with Crippen molar-refractivity contribution in [2.45, 2.75) is 20.3 Å². The zero-order chi connectivity index (χ0) is 18.3. The molecule has 0 aromatic carbocycles. The van der Waals surface area contributed by atoms with Gasteiger partial charge in [0, 0.05) is 44.4 Å². The van der Waals surface area contributed by atoms with Crippen LogP contribution in [0.1, 0.15) is 28.1 Å². The lowest BCUT2D eigenvalue weighted by Gasteiger charge is -2.35. The van der Waals surface area contributed by atoms with E-state index in [0.717, 1.165) is 36.8 Å². The summed E-state index contributed by atoms with van der Waals surface area (Å²) >= 11 is 7.26. The molecular formula is C17H19ClN6OS. The molecule has 1 amide bonds. The van der Waals surface area contributed by atoms with Crippen LogP contribution in [0, 0.1) is 6.92 Å². The molecule has 1 saturated heterocycles. The fourth-order valence-corrected chi connectivity index (χ4v) is 4.25. The molecule has 0 atom stereocenters. The number of aryl methyl sites for hydroxylation is 2. The van der Waals surface area contributed by atoms with Crippen molar-refractivity contribution in [3.8, 4) is 0 Å². The molecule has 3 aromatic rings. The second-order valence-electron chi connectivity index (χ2n) is 6.24. The summed E-state index contributed by atoms with van der Waals surface area (Å²) in [5.41, 5.74) is 1.07. The van der Waals surface area contributed by atoms with Gasteiger partial charge in [-0.25, -0.2) is 0 Å². The van der Waals surface area contributed by atoms with Gasteiger partial charge in [0.25, 0.3) is 11.7 Å². The Hall–Kier alpha value is -2.19. The third kappa shape index (κ3) is 3.03. The van der Waals surface area contributed by atoms with Crippen LogP contribution < -0.4 is 4.90 Å². The van der Waals surface area contributed by atoms with Gasteiger partial charge in [-0.05, 0) is 19.1 Å². The number of piperazine rings is 1. The molecule has 0 bridgehead atoms. The third-order valence-corrected chi connectivity index (χ3v) is 5.83. The number of thiophene rings is 1. The van der Waals surface area contributed by atoms with Gasteiger partial charge in [0.15, 0.2) is 0 Å². The highest BCUT2D eigenvalue weighted by Crippen LogP contribution is 2.24. The molecule has 4 heterocycles. The van der Waals surface area contributed by atoms with E-state index >= 15 is 0 Å². The molecule has 0 N–H and O–H groups in total. The minimum atomic E-state index is 0.0474. The molecule has 3 aromatic heterocycles. The highest BCUT2D eigenvalue weighted by Gasteiger charge is 2.24. The van der Waals surface area contributed by atoms with Crippen molar-refractivity contribution in [2.24, 2.45) is 0 Å². The third-order valence-electron chi connectivity index (χ3n) is 4.61. The molecule has 1 aliphatic heterocycles. The number of carbonyl (C=O) groups excluding carboxylic acids is 1. The van der Waals surface area contributed by atoms with E-state index in [2.05, 4.69) is 33.1 Å². The van der Waals surface area contributed by atoms with Crippen LogP contribution >= 0.6 is 22.9 Å². The van der Waals surface area contributed by atoms with E-state index in [0.29, 0.717) is 28.1 Å². The number of amides is 1. The number of halogens is 1. The topological polar surface area (TPSA) is 66.6 Å². The van der Waals surface area contributed by atoms with Crippen molar-refractivity contribution >= 4 is 40.4 Å². The van der Waals surface area contributed by atoms with Crippen molar-refractivity contribution in [1.82, 2.24) is 24.5 Å². The minimum absolute atomic E-state index is 0.0474. The first kappa shape index (κ1) is 17.2. The first-order chi connectivity index (χ1) is 12.6. The second-order valence-corrected chi connectivity index (χ2v) is 7.96. The normalized spacial score (nSPS) is 15.0. The summed E-state index contributed by atoms with van der Waals surface area (Å²) in [6.07, 6.45) is 0.816. The molecular weight excluding hydrogens is 372 g/mol. The van der Waals surface area contributed by atoms with Gasteiger partial charge in [0.1, 0.15) is 11.6 Å². The Kier molecular flexibility index (Phi) is 4.54. The van der Waals surface area contributed by atoms with Crippen molar-refractivity contribution < 1.29 is 4.79 Å². The highest BCUT2D eigenvalue weighted by atomic mass is 35.5. The lowest BCUT2D eigenvalue weighted by atomic mass is 10.2. The van der Waals surface area contributed by atoms with Gasteiger partial charge >= 0.3 is 0 Å². The van der Waals surface area contributed by atoms with Gasteiger partial charge in [-0.2, -0.15) is 4.98 Å². The molecule has 0 aliphatic carbocycles. The molecule has 7 nitrogen and oxygen atoms in total. The Morgan fingerprint density at radius 1 is 1.23 bits per heavy atom. The maximum Gasteiger partial charge on any atom is 0.264 e. The Bertz CT molecular complexity index is 959. The average Bonchev–Trinajstić information content (AvgIpc) is 3.27. The summed E-state index contributed by atoms with van der Waals surface area (Å²) in [6, 6.07) is 5.62. The summed E-state index contributed by atoms with van der Waals surface area (Å²) in [4.78, 5) is 22.0. The zero-order valence-electron chi connectivity index (χ0n) is 14.6. The lowest BCUT2D eigenvalue weighted by molar-refractivity contribution is 0.0751. The predicted molar refractivity (Wildman–Crippen MR) is 102 cm³/mol. The standard InChI is InChI=1S/C17H19ClN6OS/c1-3-14-20-21-17-19-15(10-11(2)24(14)17)22-6-8-23(9-7-22)16(25)12-4-5-13(18)26-12/h4-5,10H,3,6-9H2,1-2H3. The maximum atomic E-state index is 12.5. The number of carbonyl (C=O) groups is 1. The van der Waals surface area contributed by atoms with Gasteiger partial charge in [-0.15, -0.1) is 21.5 Å². The SMILES string of the molecule is CCc1nnc2nc(N3CCN(C(=O)c4ccc(Cl)s4)CC3)cc(C)n12. The first-order valence-electron chi connectivity index (χ1n) is 8.58. The molecule has 1 fully saturated rings. The summed E-state index contributed by atoms with van der Waals surface area (Å²) < 4.78 is 2.63. The number of anilines is 1. The van der Waals surface area contributed by atoms with Crippen LogP contribution in [0.5, 0.6) is 0 Å². The highest BCUT2D eigenvalue weighted by molar-refractivity contribution is 7.17. The molecule has 1 aliphatic rings. The Balaban J connectivity index is 1.49. The van der Waals surface area contributed by atoms with E-state index in [-0.39, 0.29) is 5.91 Å². The molecule has 0 unspecified atom stereocenters. The van der Waals surface area contributed by atoms with Gasteiger partial charge in [0.05, 0.1) is 9.21 Å². The smallest absolute Gasteiger partial charge is 0.264 e. The minimum Gasteiger partial charge on any atom is -0.353 e. The summed E-state index contributed by atoms with van der Waals surface area (Å²) in [6.45, 7) is 6.90. The van der Waals surface area contributed by atoms with E-state index < -0.39 is 0 Å². The number of fused-ring (bicyclic) bond motifs is 1. The van der Waals surface area contributed by atoms with Crippen LogP contribution in [0.15, 0.2) is 18.2 Å². The average molecular weight is 391 g/mol. The lowest BCUT2D eigenvalue weighted by Crippen LogP contribution is -2.49. The van der Waals surface area contributed by atoms with Crippen LogP contribution in [0.2, 0.25) is 4.34 Å². The predicted octanol–water partition coefficient (Wildman–Crippen LogP) is 2.67. The van der Waals surface area contributed by atoms with Crippen molar-refractivity contribution in [3.05, 3.63) is 38.9 Å². The fourth-order valence-electron chi connectivity index (χ4n) is 3.24. The second kappa shape index (κ2) is 6.85. The number of aromatic nitrogens is 4. The maximum absolute atomic E-state index is 12.5. The van der Waals surface area contributed by atoms with Crippen LogP contribution in [-0.2, 0) is 6.42 Å². The van der Waals surface area contributed by atoms with Crippen LogP contribution in [0.3, 0.4) is 0 Å². The largest absolute Gasteiger partial charge is 0.353 e. The Morgan fingerprint density at radius 3 is 2.65 bits per heavy atom. The van der Waals surface area contributed by atoms with Crippen LogP contribution in [0.25, 0.3) is 5.78 Å². The summed E-state index contributed by atoms with van der Waals surface area (Å²) in [5, 5.41) is 8.39. The number of hydrogen-bond donors (Lipinski definition) is 0. The fraction of sp³-hybridized carbons (Fsp3) is 0.412. The molecule has 136 valence electrons. The quantitative estimate of drug-likeness (QED) is 0.687. The molecule has 26 heavy (non-hydrogen) atoms. The molecule has 9 heteroatoms.